The third kappa shape index (κ3) is 3.37. The predicted molar refractivity (Wildman–Crippen MR) is 84.6 cm³/mol. The molecule has 0 saturated carbocycles. The Bertz CT molecular complexity index is 651. The minimum absolute atomic E-state index is 0.0668. The first-order chi connectivity index (χ1) is 10.1. The van der Waals surface area contributed by atoms with Gasteiger partial charge in [0.25, 0.3) is 0 Å². The van der Waals surface area contributed by atoms with E-state index in [2.05, 4.69) is 24.0 Å². The zero-order valence-corrected chi connectivity index (χ0v) is 13.2. The van der Waals surface area contributed by atoms with Crippen molar-refractivity contribution in [3.63, 3.8) is 0 Å². The van der Waals surface area contributed by atoms with Crippen LogP contribution in [0.25, 0.3) is 10.9 Å². The van der Waals surface area contributed by atoms with Crippen LogP contribution in [-0.4, -0.2) is 17.9 Å². The summed E-state index contributed by atoms with van der Waals surface area (Å²) in [6.45, 7) is 5.39. The molecule has 1 saturated heterocycles. The SMILES string of the molecule is Cc1cc(Cl)c2cc(C)c(COC3CCCCO3)cc2n1. The van der Waals surface area contributed by atoms with E-state index in [0.717, 1.165) is 46.6 Å². The van der Waals surface area contributed by atoms with Crippen molar-refractivity contribution in [2.75, 3.05) is 6.61 Å². The molecule has 0 aliphatic carbocycles. The van der Waals surface area contributed by atoms with E-state index in [1.54, 1.807) is 0 Å². The molecule has 0 N–H and O–H groups in total. The van der Waals surface area contributed by atoms with E-state index in [1.165, 1.54) is 12.0 Å². The molecule has 1 unspecified atom stereocenters. The predicted octanol–water partition coefficient (Wildman–Crippen LogP) is 4.55. The Balaban J connectivity index is 1.83. The van der Waals surface area contributed by atoms with Gasteiger partial charge >= 0.3 is 0 Å². The van der Waals surface area contributed by atoms with Gasteiger partial charge < -0.3 is 9.47 Å². The van der Waals surface area contributed by atoms with Crippen molar-refractivity contribution < 1.29 is 9.47 Å². The molecule has 0 spiro atoms. The fourth-order valence-corrected chi connectivity index (χ4v) is 3.00. The highest BCUT2D eigenvalue weighted by Crippen LogP contribution is 2.27. The van der Waals surface area contributed by atoms with Gasteiger partial charge in [-0.15, -0.1) is 0 Å². The van der Waals surface area contributed by atoms with Crippen molar-refractivity contribution in [3.05, 3.63) is 40.0 Å². The molecular weight excluding hydrogens is 286 g/mol. The maximum absolute atomic E-state index is 6.29. The van der Waals surface area contributed by atoms with Crippen molar-refractivity contribution in [2.24, 2.45) is 0 Å². The molecule has 1 aliphatic heterocycles. The highest BCUT2D eigenvalue weighted by Gasteiger charge is 2.15. The number of fused-ring (bicyclic) bond motifs is 1. The number of aromatic nitrogens is 1. The Morgan fingerprint density at radius 2 is 2.14 bits per heavy atom. The van der Waals surface area contributed by atoms with Gasteiger partial charge in [0.15, 0.2) is 6.29 Å². The maximum atomic E-state index is 6.29. The van der Waals surface area contributed by atoms with Crippen LogP contribution in [0.5, 0.6) is 0 Å². The molecule has 112 valence electrons. The molecule has 21 heavy (non-hydrogen) atoms. The minimum atomic E-state index is -0.0668. The lowest BCUT2D eigenvalue weighted by molar-refractivity contribution is -0.169. The Morgan fingerprint density at radius 1 is 1.29 bits per heavy atom. The van der Waals surface area contributed by atoms with Crippen LogP contribution < -0.4 is 0 Å². The average molecular weight is 306 g/mol. The molecule has 3 rings (SSSR count). The summed E-state index contributed by atoms with van der Waals surface area (Å²) in [4.78, 5) is 4.56. The zero-order valence-electron chi connectivity index (χ0n) is 12.5. The first kappa shape index (κ1) is 14.8. The molecule has 1 atom stereocenters. The van der Waals surface area contributed by atoms with Gasteiger partial charge in [-0.3, -0.25) is 4.98 Å². The molecule has 1 aromatic carbocycles. The second kappa shape index (κ2) is 6.30. The third-order valence-electron chi connectivity index (χ3n) is 3.91. The molecular formula is C17H20ClNO2. The first-order valence-electron chi connectivity index (χ1n) is 7.43. The third-order valence-corrected chi connectivity index (χ3v) is 4.22. The molecule has 2 heterocycles. The van der Waals surface area contributed by atoms with Gasteiger partial charge in [0.2, 0.25) is 0 Å². The Hall–Kier alpha value is -1.16. The van der Waals surface area contributed by atoms with E-state index in [1.807, 2.05) is 13.0 Å². The number of halogens is 1. The van der Waals surface area contributed by atoms with Crippen LogP contribution in [0, 0.1) is 13.8 Å². The summed E-state index contributed by atoms with van der Waals surface area (Å²) in [6.07, 6.45) is 3.23. The van der Waals surface area contributed by atoms with Gasteiger partial charge in [0.05, 0.1) is 17.1 Å². The summed E-state index contributed by atoms with van der Waals surface area (Å²) in [6, 6.07) is 6.06. The molecule has 0 radical (unpaired) electrons. The lowest BCUT2D eigenvalue weighted by Crippen LogP contribution is -2.22. The average Bonchev–Trinajstić information content (AvgIpc) is 2.47. The second-order valence-electron chi connectivity index (χ2n) is 5.65. The number of rotatable bonds is 3. The van der Waals surface area contributed by atoms with E-state index < -0.39 is 0 Å². The van der Waals surface area contributed by atoms with Crippen molar-refractivity contribution in [1.82, 2.24) is 4.98 Å². The summed E-state index contributed by atoms with van der Waals surface area (Å²) in [5, 5.41) is 1.75. The van der Waals surface area contributed by atoms with E-state index in [9.17, 15) is 0 Å². The molecule has 2 aromatic rings. The molecule has 3 nitrogen and oxygen atoms in total. The van der Waals surface area contributed by atoms with Crippen molar-refractivity contribution in [1.29, 1.82) is 0 Å². The standard InChI is InChI=1S/C17H20ClNO2/c1-11-7-14-15(18)8-12(2)19-16(14)9-13(11)10-21-17-5-3-4-6-20-17/h7-9,17H,3-6,10H2,1-2H3. The van der Waals surface area contributed by atoms with Crippen molar-refractivity contribution in [3.8, 4) is 0 Å². The summed E-state index contributed by atoms with van der Waals surface area (Å²) in [7, 11) is 0. The highest BCUT2D eigenvalue weighted by atomic mass is 35.5. The van der Waals surface area contributed by atoms with Gasteiger partial charge in [-0.2, -0.15) is 0 Å². The van der Waals surface area contributed by atoms with Crippen molar-refractivity contribution in [2.45, 2.75) is 46.0 Å². The minimum Gasteiger partial charge on any atom is -0.353 e. The lowest BCUT2D eigenvalue weighted by atomic mass is 10.1. The van der Waals surface area contributed by atoms with Crippen LogP contribution in [0.2, 0.25) is 5.02 Å². The number of ether oxygens (including phenoxy) is 2. The number of aryl methyl sites for hydroxylation is 2. The van der Waals surface area contributed by atoms with E-state index in [4.69, 9.17) is 21.1 Å². The van der Waals surface area contributed by atoms with E-state index in [0.29, 0.717) is 6.61 Å². The second-order valence-corrected chi connectivity index (χ2v) is 6.06. The molecule has 1 fully saturated rings. The molecule has 1 aliphatic rings. The largest absolute Gasteiger partial charge is 0.353 e. The molecule has 4 heteroatoms. The van der Waals surface area contributed by atoms with Gasteiger partial charge in [-0.25, -0.2) is 0 Å². The number of benzene rings is 1. The first-order valence-corrected chi connectivity index (χ1v) is 7.81. The van der Waals surface area contributed by atoms with E-state index >= 15 is 0 Å². The highest BCUT2D eigenvalue weighted by molar-refractivity contribution is 6.35. The lowest BCUT2D eigenvalue weighted by Gasteiger charge is -2.23. The topological polar surface area (TPSA) is 31.4 Å². The summed E-state index contributed by atoms with van der Waals surface area (Å²) in [5.41, 5.74) is 4.17. The zero-order chi connectivity index (χ0) is 14.8. The van der Waals surface area contributed by atoms with E-state index in [-0.39, 0.29) is 6.29 Å². The summed E-state index contributed by atoms with van der Waals surface area (Å²) >= 11 is 6.29. The van der Waals surface area contributed by atoms with Crippen LogP contribution in [0.4, 0.5) is 0 Å². The number of pyridine rings is 1. The smallest absolute Gasteiger partial charge is 0.158 e. The molecule has 0 amide bonds. The Morgan fingerprint density at radius 3 is 2.90 bits per heavy atom. The number of hydrogen-bond donors (Lipinski definition) is 0. The summed E-state index contributed by atoms with van der Waals surface area (Å²) < 4.78 is 11.5. The van der Waals surface area contributed by atoms with Gasteiger partial charge in [-0.05, 0) is 62.4 Å². The van der Waals surface area contributed by atoms with Crippen LogP contribution in [0.3, 0.4) is 0 Å². The monoisotopic (exact) mass is 305 g/mol. The van der Waals surface area contributed by atoms with Crippen LogP contribution in [0.1, 0.15) is 36.1 Å². The van der Waals surface area contributed by atoms with Gasteiger partial charge in [0, 0.05) is 17.7 Å². The Labute approximate surface area is 130 Å². The van der Waals surface area contributed by atoms with Gasteiger partial charge in [0.1, 0.15) is 0 Å². The quantitative estimate of drug-likeness (QED) is 0.833. The number of hydrogen-bond acceptors (Lipinski definition) is 3. The molecule has 1 aromatic heterocycles. The Kier molecular flexibility index (Phi) is 4.43. The number of nitrogens with zero attached hydrogens (tertiary/aromatic N) is 1. The van der Waals surface area contributed by atoms with Crippen LogP contribution in [-0.2, 0) is 16.1 Å². The fourth-order valence-electron chi connectivity index (χ4n) is 2.69. The van der Waals surface area contributed by atoms with Crippen LogP contribution >= 0.6 is 11.6 Å². The van der Waals surface area contributed by atoms with Crippen molar-refractivity contribution >= 4 is 22.5 Å². The van der Waals surface area contributed by atoms with Gasteiger partial charge in [-0.1, -0.05) is 11.6 Å². The molecule has 0 bridgehead atoms. The summed E-state index contributed by atoms with van der Waals surface area (Å²) in [5.74, 6) is 0. The maximum Gasteiger partial charge on any atom is 0.158 e. The fraction of sp³-hybridized carbons (Fsp3) is 0.471. The normalized spacial score (nSPS) is 19.1. The van der Waals surface area contributed by atoms with Crippen LogP contribution in [0.15, 0.2) is 18.2 Å².